The Morgan fingerprint density at radius 3 is 2.81 bits per heavy atom. The van der Waals surface area contributed by atoms with E-state index in [9.17, 15) is 0 Å². The van der Waals surface area contributed by atoms with Crippen LogP contribution in [0, 0.1) is 13.8 Å². The van der Waals surface area contributed by atoms with E-state index in [1.807, 2.05) is 50.2 Å². The number of pyridine rings is 2. The molecule has 1 aliphatic rings. The van der Waals surface area contributed by atoms with Crippen LogP contribution >= 0.6 is 0 Å². The summed E-state index contributed by atoms with van der Waals surface area (Å²) in [7, 11) is 0. The lowest BCUT2D eigenvalue weighted by Gasteiger charge is -2.29. The first-order valence-electron chi connectivity index (χ1n) is 10.4. The number of morpholine rings is 1. The van der Waals surface area contributed by atoms with Crippen LogP contribution in [-0.2, 0) is 11.2 Å². The van der Waals surface area contributed by atoms with E-state index >= 15 is 0 Å². The molecule has 1 fully saturated rings. The van der Waals surface area contributed by atoms with Crippen LogP contribution in [0.3, 0.4) is 0 Å². The average molecular weight is 422 g/mol. The molecule has 8 heteroatoms. The Balaban J connectivity index is 1.47. The molecule has 0 bridgehead atoms. The fourth-order valence-corrected chi connectivity index (χ4v) is 3.25. The Hall–Kier alpha value is -3.39. The maximum Gasteiger partial charge on any atom is 0.215 e. The van der Waals surface area contributed by atoms with Gasteiger partial charge in [-0.15, -0.1) is 0 Å². The van der Waals surface area contributed by atoms with Crippen molar-refractivity contribution < 1.29 is 13.9 Å². The predicted molar refractivity (Wildman–Crippen MR) is 120 cm³/mol. The van der Waals surface area contributed by atoms with Crippen molar-refractivity contribution >= 4 is 17.8 Å². The van der Waals surface area contributed by atoms with Gasteiger partial charge in [-0.2, -0.15) is 5.10 Å². The van der Waals surface area contributed by atoms with Crippen molar-refractivity contribution in [2.24, 2.45) is 5.10 Å². The number of nitrogens with zero attached hydrogens (tertiary/aromatic N) is 4. The second-order valence-electron chi connectivity index (χ2n) is 7.33. The Kier molecular flexibility index (Phi) is 6.78. The van der Waals surface area contributed by atoms with Gasteiger partial charge in [-0.1, -0.05) is 6.07 Å². The van der Waals surface area contributed by atoms with E-state index in [1.54, 1.807) is 12.4 Å². The quantitative estimate of drug-likeness (QED) is 0.439. The molecule has 0 saturated carbocycles. The first kappa shape index (κ1) is 20.9. The van der Waals surface area contributed by atoms with Crippen LogP contribution in [0.25, 0.3) is 0 Å². The van der Waals surface area contributed by atoms with Crippen LogP contribution in [0.4, 0.5) is 11.6 Å². The van der Waals surface area contributed by atoms with Crippen molar-refractivity contribution in [3.63, 3.8) is 0 Å². The van der Waals surface area contributed by atoms with E-state index in [-0.39, 0.29) is 0 Å². The third-order valence-electron chi connectivity index (χ3n) is 5.05. The Labute approximate surface area is 181 Å². The Bertz CT molecular complexity index is 994. The van der Waals surface area contributed by atoms with Crippen LogP contribution in [0.5, 0.6) is 5.88 Å². The Morgan fingerprint density at radius 2 is 2.06 bits per heavy atom. The van der Waals surface area contributed by atoms with Crippen LogP contribution in [0.1, 0.15) is 22.7 Å². The van der Waals surface area contributed by atoms with Crippen molar-refractivity contribution in [1.29, 1.82) is 0 Å². The van der Waals surface area contributed by atoms with Crippen LogP contribution in [-0.4, -0.2) is 49.1 Å². The third-order valence-corrected chi connectivity index (χ3v) is 5.05. The van der Waals surface area contributed by atoms with Gasteiger partial charge in [-0.05, 0) is 37.6 Å². The first-order valence-corrected chi connectivity index (χ1v) is 10.4. The van der Waals surface area contributed by atoms with E-state index in [4.69, 9.17) is 13.9 Å². The third kappa shape index (κ3) is 5.82. The van der Waals surface area contributed by atoms with Gasteiger partial charge >= 0.3 is 0 Å². The molecule has 1 N–H and O–H groups in total. The van der Waals surface area contributed by atoms with Crippen LogP contribution < -0.4 is 15.1 Å². The van der Waals surface area contributed by atoms with Gasteiger partial charge in [0.15, 0.2) is 0 Å². The monoisotopic (exact) mass is 421 g/mol. The largest absolute Gasteiger partial charge is 0.477 e. The van der Waals surface area contributed by atoms with Crippen molar-refractivity contribution in [3.05, 3.63) is 65.3 Å². The summed E-state index contributed by atoms with van der Waals surface area (Å²) < 4.78 is 17.0. The van der Waals surface area contributed by atoms with Crippen LogP contribution in [0.15, 0.2) is 52.1 Å². The number of hydrogen-bond donors (Lipinski definition) is 1. The zero-order valence-corrected chi connectivity index (χ0v) is 17.9. The van der Waals surface area contributed by atoms with E-state index in [2.05, 4.69) is 25.4 Å². The fourth-order valence-electron chi connectivity index (χ4n) is 3.25. The molecule has 0 amide bonds. The molecule has 31 heavy (non-hydrogen) atoms. The number of aryl methyl sites for hydroxylation is 2. The molecule has 3 aromatic heterocycles. The number of ether oxygens (including phenoxy) is 2. The highest BCUT2D eigenvalue weighted by Gasteiger charge is 2.14. The number of hydrazone groups is 1. The molecule has 0 aliphatic carbocycles. The second-order valence-corrected chi connectivity index (χ2v) is 7.33. The summed E-state index contributed by atoms with van der Waals surface area (Å²) >= 11 is 0. The van der Waals surface area contributed by atoms with Gasteiger partial charge in [0.1, 0.15) is 5.76 Å². The highest BCUT2D eigenvalue weighted by Crippen LogP contribution is 2.22. The van der Waals surface area contributed by atoms with Crippen LogP contribution in [0.2, 0.25) is 0 Å². The molecule has 162 valence electrons. The van der Waals surface area contributed by atoms with Gasteiger partial charge in [-0.3, -0.25) is 4.98 Å². The second kappa shape index (κ2) is 10.1. The molecular formula is C23H27N5O3. The number of hydrogen-bond acceptors (Lipinski definition) is 8. The zero-order valence-electron chi connectivity index (χ0n) is 17.9. The van der Waals surface area contributed by atoms with Gasteiger partial charge in [0.05, 0.1) is 31.7 Å². The highest BCUT2D eigenvalue weighted by atomic mass is 16.5. The topological polar surface area (TPSA) is 85.0 Å². The Morgan fingerprint density at radius 1 is 1.19 bits per heavy atom. The zero-order chi connectivity index (χ0) is 21.5. The molecule has 1 aliphatic heterocycles. The normalized spacial score (nSPS) is 14.2. The summed E-state index contributed by atoms with van der Waals surface area (Å²) in [6, 6.07) is 11.7. The van der Waals surface area contributed by atoms with Gasteiger partial charge in [0.2, 0.25) is 11.8 Å². The van der Waals surface area contributed by atoms with E-state index in [0.29, 0.717) is 43.7 Å². The fraction of sp³-hybridized carbons (Fsp3) is 0.348. The molecule has 4 heterocycles. The van der Waals surface area contributed by atoms with E-state index in [1.165, 1.54) is 0 Å². The number of aromatic nitrogens is 2. The molecule has 3 aromatic rings. The summed E-state index contributed by atoms with van der Waals surface area (Å²) in [4.78, 5) is 11.2. The lowest BCUT2D eigenvalue weighted by atomic mass is 10.2. The average Bonchev–Trinajstić information content (AvgIpc) is 3.12. The van der Waals surface area contributed by atoms with Crippen molar-refractivity contribution in [3.8, 4) is 5.88 Å². The minimum absolute atomic E-state index is 0.496. The lowest BCUT2D eigenvalue weighted by molar-refractivity contribution is 0.122. The van der Waals surface area contributed by atoms with Crippen molar-refractivity contribution in [1.82, 2.24) is 9.97 Å². The minimum Gasteiger partial charge on any atom is -0.477 e. The first-order chi connectivity index (χ1) is 15.2. The molecule has 0 spiro atoms. The maximum absolute atomic E-state index is 5.96. The number of anilines is 2. The molecule has 0 aromatic carbocycles. The molecule has 8 nitrogen and oxygen atoms in total. The number of nitrogens with one attached hydrogen (secondary N) is 1. The number of rotatable bonds is 8. The van der Waals surface area contributed by atoms with E-state index in [0.717, 1.165) is 35.8 Å². The van der Waals surface area contributed by atoms with Gasteiger partial charge in [-0.25, -0.2) is 10.4 Å². The smallest absolute Gasteiger partial charge is 0.215 e. The van der Waals surface area contributed by atoms with Gasteiger partial charge in [0.25, 0.3) is 0 Å². The summed E-state index contributed by atoms with van der Waals surface area (Å²) in [5.41, 5.74) is 6.72. The molecular weight excluding hydrogens is 394 g/mol. The van der Waals surface area contributed by atoms with Crippen molar-refractivity contribution in [2.75, 3.05) is 43.2 Å². The summed E-state index contributed by atoms with van der Waals surface area (Å²) in [5.74, 6) is 2.03. The maximum atomic E-state index is 5.96. The van der Waals surface area contributed by atoms with Gasteiger partial charge < -0.3 is 18.8 Å². The summed E-state index contributed by atoms with van der Waals surface area (Å²) in [5, 5.41) is 4.28. The SMILES string of the molecule is Cc1cc(NN=Cc2cc(N3CCOCC3)cc(OCCc3ccccn3)n2)oc1C. The molecule has 1 saturated heterocycles. The predicted octanol–water partition coefficient (Wildman–Crippen LogP) is 3.59. The molecule has 0 atom stereocenters. The minimum atomic E-state index is 0.496. The van der Waals surface area contributed by atoms with E-state index < -0.39 is 0 Å². The molecule has 0 unspecified atom stereocenters. The molecule has 0 radical (unpaired) electrons. The number of furan rings is 1. The summed E-state index contributed by atoms with van der Waals surface area (Å²) in [6.07, 6.45) is 4.17. The highest BCUT2D eigenvalue weighted by molar-refractivity contribution is 5.79. The lowest BCUT2D eigenvalue weighted by Crippen LogP contribution is -2.36. The summed E-state index contributed by atoms with van der Waals surface area (Å²) in [6.45, 7) is 7.49. The van der Waals surface area contributed by atoms with Crippen molar-refractivity contribution in [2.45, 2.75) is 20.3 Å². The standard InChI is InChI=1S/C23H27N5O3/c1-17-13-23(31-18(17)2)27-25-16-20-14-21(28-8-11-29-12-9-28)15-22(26-20)30-10-6-19-5-3-4-7-24-19/h3-5,7,13-16,27H,6,8-12H2,1-2H3. The van der Waals surface area contributed by atoms with Gasteiger partial charge in [0, 0.05) is 49.2 Å². The molecule has 4 rings (SSSR count).